The maximum absolute atomic E-state index is 12.8. The molecule has 1 heterocycles. The maximum Gasteiger partial charge on any atom is 0.338 e. The van der Waals surface area contributed by atoms with Crippen LogP contribution in [-0.2, 0) is 11.3 Å². The van der Waals surface area contributed by atoms with Crippen LogP contribution >= 0.6 is 0 Å². The predicted octanol–water partition coefficient (Wildman–Crippen LogP) is 4.06. The Morgan fingerprint density at radius 1 is 0.968 bits per heavy atom. The van der Waals surface area contributed by atoms with Gasteiger partial charge in [0.1, 0.15) is 6.61 Å². The third-order valence-corrected chi connectivity index (χ3v) is 4.97. The number of hydrogen-bond acceptors (Lipinski definition) is 6. The topological polar surface area (TPSA) is 107 Å². The summed E-state index contributed by atoms with van der Waals surface area (Å²) >= 11 is 0. The second-order valence-electron chi connectivity index (χ2n) is 7.00. The molecule has 0 bridgehead atoms. The number of non-ortho nitro benzene ring substituents is 1. The smallest absolute Gasteiger partial charge is 0.338 e. The van der Waals surface area contributed by atoms with Gasteiger partial charge in [-0.3, -0.25) is 19.7 Å². The van der Waals surface area contributed by atoms with Crippen LogP contribution in [0.25, 0.3) is 0 Å². The molecule has 0 saturated heterocycles. The van der Waals surface area contributed by atoms with E-state index in [0.29, 0.717) is 27.9 Å². The highest BCUT2D eigenvalue weighted by molar-refractivity contribution is 6.34. The van der Waals surface area contributed by atoms with E-state index in [1.165, 1.54) is 30.3 Å². The van der Waals surface area contributed by atoms with Gasteiger partial charge in [0.05, 0.1) is 27.3 Å². The van der Waals surface area contributed by atoms with Crippen molar-refractivity contribution in [1.82, 2.24) is 0 Å². The highest BCUT2D eigenvalue weighted by Crippen LogP contribution is 2.31. The van der Waals surface area contributed by atoms with Gasteiger partial charge < -0.3 is 4.74 Å². The number of benzene rings is 3. The van der Waals surface area contributed by atoms with Crippen molar-refractivity contribution in [3.63, 3.8) is 0 Å². The number of hydrogen-bond donors (Lipinski definition) is 0. The minimum Gasteiger partial charge on any atom is -0.457 e. The Hall–Kier alpha value is -4.33. The predicted molar refractivity (Wildman–Crippen MR) is 111 cm³/mol. The second-order valence-corrected chi connectivity index (χ2v) is 7.00. The van der Waals surface area contributed by atoms with Crippen LogP contribution in [0.3, 0.4) is 0 Å². The minimum absolute atomic E-state index is 0.100. The number of nitrogens with zero attached hydrogens (tertiary/aromatic N) is 2. The van der Waals surface area contributed by atoms with Gasteiger partial charge >= 0.3 is 5.97 Å². The molecule has 154 valence electrons. The van der Waals surface area contributed by atoms with Gasteiger partial charge in [-0.2, -0.15) is 0 Å². The number of carbonyl (C=O) groups is 3. The van der Waals surface area contributed by atoms with Gasteiger partial charge in [0, 0.05) is 12.1 Å². The molecule has 1 aliphatic heterocycles. The molecule has 8 nitrogen and oxygen atoms in total. The van der Waals surface area contributed by atoms with E-state index in [2.05, 4.69) is 0 Å². The number of nitro groups is 1. The molecule has 0 atom stereocenters. The highest BCUT2D eigenvalue weighted by Gasteiger charge is 2.37. The molecule has 0 fully saturated rings. The third kappa shape index (κ3) is 3.66. The van der Waals surface area contributed by atoms with Crippen LogP contribution in [0.5, 0.6) is 0 Å². The fourth-order valence-electron chi connectivity index (χ4n) is 3.38. The van der Waals surface area contributed by atoms with Crippen LogP contribution in [0.2, 0.25) is 0 Å². The van der Waals surface area contributed by atoms with Crippen LogP contribution in [0.15, 0.2) is 66.7 Å². The van der Waals surface area contributed by atoms with Gasteiger partial charge in [0.25, 0.3) is 17.5 Å². The quantitative estimate of drug-likeness (QED) is 0.269. The van der Waals surface area contributed by atoms with Crippen molar-refractivity contribution in [3.05, 3.63) is 105 Å². The molecule has 0 aromatic heterocycles. The van der Waals surface area contributed by atoms with Gasteiger partial charge in [0.2, 0.25) is 0 Å². The summed E-state index contributed by atoms with van der Waals surface area (Å²) < 4.78 is 5.27. The molecule has 31 heavy (non-hydrogen) atoms. The normalized spacial score (nSPS) is 12.6. The van der Waals surface area contributed by atoms with Crippen molar-refractivity contribution in [2.24, 2.45) is 0 Å². The van der Waals surface area contributed by atoms with Crippen LogP contribution in [-0.4, -0.2) is 22.7 Å². The molecule has 2 amide bonds. The van der Waals surface area contributed by atoms with Crippen molar-refractivity contribution in [2.75, 3.05) is 4.90 Å². The summed E-state index contributed by atoms with van der Waals surface area (Å²) in [5.74, 6) is -1.58. The number of anilines is 1. The highest BCUT2D eigenvalue weighted by atomic mass is 16.6. The molecule has 8 heteroatoms. The molecule has 0 spiro atoms. The average Bonchev–Trinajstić information content (AvgIpc) is 3.03. The minimum atomic E-state index is -0.677. The molecule has 0 saturated carbocycles. The van der Waals surface area contributed by atoms with E-state index < -0.39 is 22.7 Å². The first-order chi connectivity index (χ1) is 14.9. The van der Waals surface area contributed by atoms with E-state index in [1.54, 1.807) is 43.3 Å². The Morgan fingerprint density at radius 3 is 2.29 bits per heavy atom. The summed E-state index contributed by atoms with van der Waals surface area (Å²) in [6.07, 6.45) is 0. The number of fused-ring (bicyclic) bond motifs is 1. The van der Waals surface area contributed by atoms with E-state index in [4.69, 9.17) is 4.74 Å². The van der Waals surface area contributed by atoms with Gasteiger partial charge in [-0.1, -0.05) is 30.3 Å². The summed E-state index contributed by atoms with van der Waals surface area (Å²) in [6.45, 7) is 1.58. The van der Waals surface area contributed by atoms with Crippen molar-refractivity contribution >= 4 is 29.2 Å². The second kappa shape index (κ2) is 7.83. The number of carbonyl (C=O) groups excluding carboxylic acids is 3. The fourth-order valence-corrected chi connectivity index (χ4v) is 3.38. The Bertz CT molecular complexity index is 1220. The lowest BCUT2D eigenvalue weighted by Gasteiger charge is -2.17. The number of esters is 1. The number of nitro benzene ring substituents is 1. The maximum atomic E-state index is 12.8. The Balaban J connectivity index is 1.56. The van der Waals surface area contributed by atoms with Crippen molar-refractivity contribution < 1.29 is 24.0 Å². The lowest BCUT2D eigenvalue weighted by Crippen LogP contribution is -2.30. The van der Waals surface area contributed by atoms with Crippen LogP contribution < -0.4 is 4.90 Å². The zero-order valence-electron chi connectivity index (χ0n) is 16.4. The van der Waals surface area contributed by atoms with E-state index in [-0.39, 0.29) is 17.9 Å². The molecular formula is C23H16N2O6. The fraction of sp³-hybridized carbons (Fsp3) is 0.0870. The number of imide groups is 1. The van der Waals surface area contributed by atoms with E-state index in [0.717, 1.165) is 4.90 Å². The zero-order valence-corrected chi connectivity index (χ0v) is 16.4. The number of amides is 2. The molecular weight excluding hydrogens is 400 g/mol. The van der Waals surface area contributed by atoms with E-state index in [1.807, 2.05) is 0 Å². The van der Waals surface area contributed by atoms with E-state index >= 15 is 0 Å². The molecule has 0 unspecified atom stereocenters. The number of ether oxygens (including phenoxy) is 1. The molecule has 1 aliphatic rings. The molecule has 0 N–H and O–H groups in total. The molecule has 3 aromatic carbocycles. The molecule has 0 aliphatic carbocycles. The van der Waals surface area contributed by atoms with Crippen LogP contribution in [0.1, 0.15) is 42.2 Å². The van der Waals surface area contributed by atoms with E-state index in [9.17, 15) is 24.5 Å². The Morgan fingerprint density at radius 2 is 1.65 bits per heavy atom. The summed E-state index contributed by atoms with van der Waals surface area (Å²) in [5, 5.41) is 10.9. The summed E-state index contributed by atoms with van der Waals surface area (Å²) in [5.41, 5.74) is 2.09. The summed E-state index contributed by atoms with van der Waals surface area (Å²) in [4.78, 5) is 49.5. The lowest BCUT2D eigenvalue weighted by molar-refractivity contribution is -0.384. The average molecular weight is 416 g/mol. The molecule has 0 radical (unpaired) electrons. The monoisotopic (exact) mass is 416 g/mol. The van der Waals surface area contributed by atoms with Gasteiger partial charge in [0.15, 0.2) is 0 Å². The van der Waals surface area contributed by atoms with Crippen LogP contribution in [0.4, 0.5) is 11.4 Å². The number of rotatable bonds is 5. The van der Waals surface area contributed by atoms with Gasteiger partial charge in [-0.25, -0.2) is 9.69 Å². The van der Waals surface area contributed by atoms with Crippen molar-refractivity contribution in [3.8, 4) is 0 Å². The first kappa shape index (κ1) is 20.0. The van der Waals surface area contributed by atoms with Crippen molar-refractivity contribution in [2.45, 2.75) is 13.5 Å². The first-order valence-electron chi connectivity index (χ1n) is 9.36. The summed E-state index contributed by atoms with van der Waals surface area (Å²) in [7, 11) is 0. The standard InChI is InChI=1S/C23H16N2O6/c1-14-9-10-16(23(28)31-13-15-5-4-6-17(11-15)25(29)30)12-20(14)24-21(26)18-7-2-3-8-19(18)22(24)27/h2-12H,13H2,1H3. The Labute approximate surface area is 176 Å². The SMILES string of the molecule is Cc1ccc(C(=O)OCc2cccc([N+](=O)[O-])c2)cc1N1C(=O)c2ccccc2C1=O. The van der Waals surface area contributed by atoms with Gasteiger partial charge in [-0.05, 0) is 42.3 Å². The first-order valence-corrected chi connectivity index (χ1v) is 9.36. The van der Waals surface area contributed by atoms with Crippen LogP contribution in [0, 0.1) is 17.0 Å². The third-order valence-electron chi connectivity index (χ3n) is 4.97. The zero-order chi connectivity index (χ0) is 22.1. The van der Waals surface area contributed by atoms with Gasteiger partial charge in [-0.15, -0.1) is 0 Å². The molecule has 3 aromatic rings. The summed E-state index contributed by atoms with van der Waals surface area (Å²) in [6, 6.07) is 16.9. The Kier molecular flexibility index (Phi) is 5.04. The number of aryl methyl sites for hydroxylation is 1. The van der Waals surface area contributed by atoms with Crippen molar-refractivity contribution in [1.29, 1.82) is 0 Å². The molecule has 4 rings (SSSR count). The lowest BCUT2D eigenvalue weighted by atomic mass is 10.1. The largest absolute Gasteiger partial charge is 0.457 e.